The summed E-state index contributed by atoms with van der Waals surface area (Å²) >= 11 is 0. The highest BCUT2D eigenvalue weighted by atomic mass is 127. The molecule has 2 heteroatoms. The molecule has 0 fully saturated rings. The van der Waals surface area contributed by atoms with Crippen molar-refractivity contribution < 1.29 is 28.5 Å². The largest absolute Gasteiger partial charge is 1.00 e. The molecule has 1 heterocycles. The van der Waals surface area contributed by atoms with Gasteiger partial charge in [0.15, 0.2) is 12.4 Å². The minimum absolute atomic E-state index is 0. The topological polar surface area (TPSA) is 3.88 Å². The van der Waals surface area contributed by atoms with Crippen LogP contribution in [0.5, 0.6) is 0 Å². The molecule has 0 spiro atoms. The highest BCUT2D eigenvalue weighted by Crippen LogP contribution is 1.86. The fourth-order valence-electron chi connectivity index (χ4n) is 0.738. The van der Waals surface area contributed by atoms with Crippen LogP contribution in [0.25, 0.3) is 0 Å². The lowest BCUT2D eigenvalue weighted by atomic mass is 10.3. The van der Waals surface area contributed by atoms with Crippen LogP contribution in [0, 0.1) is 6.92 Å². The number of pyridine rings is 1. The highest BCUT2D eigenvalue weighted by Gasteiger charge is 1.87. The van der Waals surface area contributed by atoms with Crippen LogP contribution in [-0.4, -0.2) is 0 Å². The van der Waals surface area contributed by atoms with Crippen molar-refractivity contribution >= 4 is 0 Å². The normalized spacial score (nSPS) is 8.22. The molecule has 0 radical (unpaired) electrons. The van der Waals surface area contributed by atoms with E-state index in [1.54, 1.807) is 0 Å². The first kappa shape index (κ1) is 8.88. The molecule has 0 N–H and O–H groups in total. The van der Waals surface area contributed by atoms with Gasteiger partial charge in [-0.1, -0.05) is 0 Å². The lowest BCUT2D eigenvalue weighted by molar-refractivity contribution is -0.671. The highest BCUT2D eigenvalue weighted by molar-refractivity contribution is 5.00. The summed E-state index contributed by atoms with van der Waals surface area (Å²) in [6.45, 7) is 2.08. The molecule has 50 valence electrons. The average molecular weight is 235 g/mol. The lowest BCUT2D eigenvalue weighted by Gasteiger charge is -1.85. The maximum Gasteiger partial charge on any atom is 0.171 e. The van der Waals surface area contributed by atoms with E-state index in [9.17, 15) is 0 Å². The molecule has 1 rings (SSSR count). The van der Waals surface area contributed by atoms with Crippen molar-refractivity contribution in [3.63, 3.8) is 0 Å². The van der Waals surface area contributed by atoms with Crippen LogP contribution in [0.1, 0.15) is 5.56 Å². The third kappa shape index (κ3) is 2.79. The summed E-state index contributed by atoms with van der Waals surface area (Å²) in [4.78, 5) is 0. The monoisotopic (exact) mass is 235 g/mol. The first-order chi connectivity index (χ1) is 3.79. The van der Waals surface area contributed by atoms with Gasteiger partial charge < -0.3 is 24.0 Å². The lowest BCUT2D eigenvalue weighted by Crippen LogP contribution is -3.00. The van der Waals surface area contributed by atoms with Gasteiger partial charge in [-0.25, -0.2) is 4.57 Å². The van der Waals surface area contributed by atoms with E-state index in [0.29, 0.717) is 0 Å². The van der Waals surface area contributed by atoms with Gasteiger partial charge in [0.2, 0.25) is 0 Å². The van der Waals surface area contributed by atoms with E-state index in [0.717, 1.165) is 0 Å². The zero-order valence-electron chi connectivity index (χ0n) is 5.63. The van der Waals surface area contributed by atoms with Crippen LogP contribution in [0.3, 0.4) is 0 Å². The number of hydrogen-bond acceptors (Lipinski definition) is 0. The summed E-state index contributed by atoms with van der Waals surface area (Å²) in [7, 11) is 2.02. The van der Waals surface area contributed by atoms with E-state index in [-0.39, 0.29) is 24.0 Å². The van der Waals surface area contributed by atoms with E-state index >= 15 is 0 Å². The molecule has 1 nitrogen and oxygen atoms in total. The third-order valence-electron chi connectivity index (χ3n) is 1.09. The van der Waals surface area contributed by atoms with Gasteiger partial charge in [-0.3, -0.25) is 0 Å². The molecule has 0 aliphatic rings. The van der Waals surface area contributed by atoms with Crippen molar-refractivity contribution in [1.82, 2.24) is 0 Å². The standard InChI is InChI=1S/C7H10N.HI/c1-7-4-3-5-8(2)6-7;/h3-6H,1-2H3;1H/q+1;/p-1. The minimum Gasteiger partial charge on any atom is -1.00 e. The Morgan fingerprint density at radius 1 is 1.44 bits per heavy atom. The summed E-state index contributed by atoms with van der Waals surface area (Å²) in [5.74, 6) is 0. The first-order valence-corrected chi connectivity index (χ1v) is 2.71. The van der Waals surface area contributed by atoms with Gasteiger partial charge in [0.1, 0.15) is 7.05 Å². The molecule has 1 aromatic heterocycles. The molecule has 0 bridgehead atoms. The Morgan fingerprint density at radius 3 is 2.44 bits per heavy atom. The van der Waals surface area contributed by atoms with Gasteiger partial charge in [0.05, 0.1) is 0 Å². The zero-order chi connectivity index (χ0) is 5.98. The molecule has 0 atom stereocenters. The molecule has 0 aliphatic carbocycles. The predicted octanol–water partition coefficient (Wildman–Crippen LogP) is -2.18. The van der Waals surface area contributed by atoms with Gasteiger partial charge in [0, 0.05) is 11.6 Å². The van der Waals surface area contributed by atoms with Crippen LogP contribution >= 0.6 is 0 Å². The third-order valence-corrected chi connectivity index (χ3v) is 1.09. The first-order valence-electron chi connectivity index (χ1n) is 2.71. The summed E-state index contributed by atoms with van der Waals surface area (Å²) in [6, 6.07) is 4.12. The van der Waals surface area contributed by atoms with Gasteiger partial charge in [-0.15, -0.1) is 0 Å². The number of hydrogen-bond donors (Lipinski definition) is 0. The summed E-state index contributed by atoms with van der Waals surface area (Å²) in [5.41, 5.74) is 1.30. The van der Waals surface area contributed by atoms with Crippen LogP contribution in [0.2, 0.25) is 0 Å². The summed E-state index contributed by atoms with van der Waals surface area (Å²) in [5, 5.41) is 0. The molecule has 1 aromatic rings. The molecule has 0 unspecified atom stereocenters. The number of aryl methyl sites for hydroxylation is 2. The summed E-state index contributed by atoms with van der Waals surface area (Å²) in [6.07, 6.45) is 4.10. The fourth-order valence-corrected chi connectivity index (χ4v) is 0.738. The van der Waals surface area contributed by atoms with Crippen LogP contribution in [-0.2, 0) is 7.05 Å². The van der Waals surface area contributed by atoms with Crippen molar-refractivity contribution in [2.75, 3.05) is 0 Å². The van der Waals surface area contributed by atoms with Crippen molar-refractivity contribution in [2.45, 2.75) is 6.92 Å². The van der Waals surface area contributed by atoms with Crippen molar-refractivity contribution in [2.24, 2.45) is 7.05 Å². The predicted molar refractivity (Wildman–Crippen MR) is 32.4 cm³/mol. The minimum atomic E-state index is 0. The van der Waals surface area contributed by atoms with Crippen molar-refractivity contribution in [3.8, 4) is 0 Å². The second-order valence-corrected chi connectivity index (χ2v) is 2.05. The van der Waals surface area contributed by atoms with Crippen LogP contribution < -0.4 is 28.5 Å². The maximum absolute atomic E-state index is 2.08. The number of halogens is 1. The molecular weight excluding hydrogens is 225 g/mol. The molecule has 0 aromatic carbocycles. The Morgan fingerprint density at radius 2 is 2.11 bits per heavy atom. The van der Waals surface area contributed by atoms with Gasteiger partial charge in [0.25, 0.3) is 0 Å². The molecule has 0 saturated carbocycles. The van der Waals surface area contributed by atoms with Crippen molar-refractivity contribution in [3.05, 3.63) is 30.1 Å². The molecular formula is C7H10IN. The van der Waals surface area contributed by atoms with Gasteiger partial charge >= 0.3 is 0 Å². The maximum atomic E-state index is 2.08. The van der Waals surface area contributed by atoms with E-state index in [2.05, 4.69) is 19.2 Å². The van der Waals surface area contributed by atoms with Gasteiger partial charge in [-0.05, 0) is 13.0 Å². The molecule has 0 saturated heterocycles. The zero-order valence-corrected chi connectivity index (χ0v) is 7.79. The fraction of sp³-hybridized carbons (Fsp3) is 0.286. The molecule has 0 aliphatic heterocycles. The average Bonchev–Trinajstić information content (AvgIpc) is 1.64. The van der Waals surface area contributed by atoms with Crippen molar-refractivity contribution in [1.29, 1.82) is 0 Å². The smallest absolute Gasteiger partial charge is 0.171 e. The second kappa shape index (κ2) is 3.82. The quantitative estimate of drug-likeness (QED) is 0.356. The summed E-state index contributed by atoms with van der Waals surface area (Å²) < 4.78 is 2.04. The Labute approximate surface area is 72.7 Å². The molecule has 9 heavy (non-hydrogen) atoms. The number of nitrogens with zero attached hydrogens (tertiary/aromatic N) is 1. The SMILES string of the molecule is Cc1ccc[n+](C)c1.[I-]. The molecule has 0 amide bonds. The van der Waals surface area contributed by atoms with E-state index < -0.39 is 0 Å². The number of rotatable bonds is 0. The number of aromatic nitrogens is 1. The second-order valence-electron chi connectivity index (χ2n) is 2.05. The van der Waals surface area contributed by atoms with E-state index in [1.807, 2.05) is 23.9 Å². The Hall–Kier alpha value is -0.120. The Balaban J connectivity index is 0.000000640. The Kier molecular flexibility index (Phi) is 3.77. The van der Waals surface area contributed by atoms with Crippen LogP contribution in [0.4, 0.5) is 0 Å². The Bertz CT molecular complexity index is 169. The van der Waals surface area contributed by atoms with E-state index in [4.69, 9.17) is 0 Å². The van der Waals surface area contributed by atoms with Gasteiger partial charge in [-0.2, -0.15) is 0 Å². The van der Waals surface area contributed by atoms with E-state index in [1.165, 1.54) is 5.56 Å². The van der Waals surface area contributed by atoms with Crippen LogP contribution in [0.15, 0.2) is 24.5 Å².